The number of ether oxygens (including phenoxy) is 1. The number of imidazole rings is 1. The Morgan fingerprint density at radius 2 is 2.53 bits per heavy atom. The lowest BCUT2D eigenvalue weighted by molar-refractivity contribution is 0.0984. The smallest absolute Gasteiger partial charge is 0.125 e. The molecule has 4 heteroatoms. The number of nitrogens with two attached hydrogens (primary N) is 1. The maximum atomic E-state index is 6.25. The molecule has 0 aliphatic carbocycles. The highest BCUT2D eigenvalue weighted by atomic mass is 16.5. The number of nitrogens with zero attached hydrogens (tertiary/aromatic N) is 2. The van der Waals surface area contributed by atoms with Gasteiger partial charge in [-0.25, -0.2) is 4.98 Å². The molecule has 0 bridgehead atoms. The maximum Gasteiger partial charge on any atom is 0.125 e. The first-order valence-corrected chi connectivity index (χ1v) is 5.62. The van der Waals surface area contributed by atoms with E-state index in [2.05, 4.69) is 23.4 Å². The summed E-state index contributed by atoms with van der Waals surface area (Å²) >= 11 is 0. The second kappa shape index (κ2) is 4.33. The molecule has 1 aliphatic heterocycles. The van der Waals surface area contributed by atoms with Gasteiger partial charge in [0.05, 0.1) is 12.1 Å². The molecule has 3 unspecified atom stereocenters. The number of aryl methyl sites for hydroxylation is 1. The van der Waals surface area contributed by atoms with Crippen LogP contribution in [0.2, 0.25) is 0 Å². The van der Waals surface area contributed by atoms with Crippen LogP contribution in [0.4, 0.5) is 0 Å². The van der Waals surface area contributed by atoms with Gasteiger partial charge in [0.2, 0.25) is 0 Å². The Morgan fingerprint density at radius 1 is 1.73 bits per heavy atom. The maximum absolute atomic E-state index is 6.25. The minimum absolute atomic E-state index is 0.00236. The first-order valence-electron chi connectivity index (χ1n) is 5.62. The van der Waals surface area contributed by atoms with Crippen molar-refractivity contribution in [3.8, 4) is 0 Å². The van der Waals surface area contributed by atoms with Gasteiger partial charge in [0.15, 0.2) is 0 Å². The summed E-state index contributed by atoms with van der Waals surface area (Å²) < 4.78 is 7.65. The Hall–Kier alpha value is -0.870. The van der Waals surface area contributed by atoms with E-state index >= 15 is 0 Å². The molecule has 0 radical (unpaired) electrons. The van der Waals surface area contributed by atoms with Crippen LogP contribution in [0.1, 0.15) is 32.1 Å². The van der Waals surface area contributed by atoms with E-state index in [0.29, 0.717) is 5.92 Å². The third kappa shape index (κ3) is 1.92. The van der Waals surface area contributed by atoms with Crippen LogP contribution in [-0.2, 0) is 11.3 Å². The minimum atomic E-state index is -0.00236. The van der Waals surface area contributed by atoms with Gasteiger partial charge in [0, 0.05) is 31.5 Å². The van der Waals surface area contributed by atoms with E-state index in [1.165, 1.54) is 0 Å². The SMILES string of the molecule is CCn1ccnc1C(N)C1CCOC1C. The van der Waals surface area contributed by atoms with Crippen molar-refractivity contribution in [1.82, 2.24) is 9.55 Å². The predicted octanol–water partition coefficient (Wildman–Crippen LogP) is 1.33. The molecule has 4 nitrogen and oxygen atoms in total. The summed E-state index contributed by atoms with van der Waals surface area (Å²) in [7, 11) is 0. The van der Waals surface area contributed by atoms with Crippen molar-refractivity contribution in [3.63, 3.8) is 0 Å². The molecule has 0 amide bonds. The lowest BCUT2D eigenvalue weighted by Crippen LogP contribution is -2.29. The van der Waals surface area contributed by atoms with Gasteiger partial charge < -0.3 is 15.0 Å². The van der Waals surface area contributed by atoms with Crippen molar-refractivity contribution >= 4 is 0 Å². The highest BCUT2D eigenvalue weighted by molar-refractivity contribution is 5.02. The molecule has 2 heterocycles. The second-order valence-electron chi connectivity index (χ2n) is 4.13. The van der Waals surface area contributed by atoms with Crippen molar-refractivity contribution in [3.05, 3.63) is 18.2 Å². The van der Waals surface area contributed by atoms with E-state index in [-0.39, 0.29) is 12.1 Å². The topological polar surface area (TPSA) is 53.1 Å². The summed E-state index contributed by atoms with van der Waals surface area (Å²) in [6.07, 6.45) is 5.09. The van der Waals surface area contributed by atoms with Gasteiger partial charge in [0.1, 0.15) is 5.82 Å². The molecule has 3 atom stereocenters. The van der Waals surface area contributed by atoms with Crippen LogP contribution in [0, 0.1) is 5.92 Å². The zero-order valence-electron chi connectivity index (χ0n) is 9.39. The Balaban J connectivity index is 2.16. The summed E-state index contributed by atoms with van der Waals surface area (Å²) in [6, 6.07) is -0.00236. The van der Waals surface area contributed by atoms with Crippen molar-refractivity contribution in [2.45, 2.75) is 39.0 Å². The van der Waals surface area contributed by atoms with E-state index in [4.69, 9.17) is 10.5 Å². The van der Waals surface area contributed by atoms with E-state index < -0.39 is 0 Å². The van der Waals surface area contributed by atoms with Gasteiger partial charge in [-0.2, -0.15) is 0 Å². The van der Waals surface area contributed by atoms with Crippen molar-refractivity contribution in [1.29, 1.82) is 0 Å². The van der Waals surface area contributed by atoms with Crippen LogP contribution >= 0.6 is 0 Å². The Bertz CT molecular complexity index is 323. The van der Waals surface area contributed by atoms with Crippen LogP contribution in [0.25, 0.3) is 0 Å². The third-order valence-corrected chi connectivity index (χ3v) is 3.28. The molecule has 15 heavy (non-hydrogen) atoms. The number of aromatic nitrogens is 2. The second-order valence-corrected chi connectivity index (χ2v) is 4.13. The highest BCUT2D eigenvalue weighted by Crippen LogP contribution is 2.30. The van der Waals surface area contributed by atoms with Gasteiger partial charge in [0.25, 0.3) is 0 Å². The zero-order chi connectivity index (χ0) is 10.8. The van der Waals surface area contributed by atoms with Gasteiger partial charge in [-0.05, 0) is 20.3 Å². The van der Waals surface area contributed by atoms with E-state index in [9.17, 15) is 0 Å². The fourth-order valence-electron chi connectivity index (χ4n) is 2.30. The zero-order valence-corrected chi connectivity index (χ0v) is 9.39. The molecule has 0 saturated carbocycles. The van der Waals surface area contributed by atoms with E-state index in [1.54, 1.807) is 0 Å². The average molecular weight is 209 g/mol. The molecular formula is C11H19N3O. The first-order chi connectivity index (χ1) is 7.24. The van der Waals surface area contributed by atoms with E-state index in [1.807, 2.05) is 12.4 Å². The summed E-state index contributed by atoms with van der Waals surface area (Å²) in [4.78, 5) is 4.35. The molecule has 1 saturated heterocycles. The molecule has 0 aromatic carbocycles. The molecule has 84 valence electrons. The molecule has 0 spiro atoms. The molecule has 1 aromatic heterocycles. The van der Waals surface area contributed by atoms with Gasteiger partial charge >= 0.3 is 0 Å². The summed E-state index contributed by atoms with van der Waals surface area (Å²) in [6.45, 7) is 5.95. The fourth-order valence-corrected chi connectivity index (χ4v) is 2.30. The molecule has 2 rings (SSSR count). The van der Waals surface area contributed by atoms with Gasteiger partial charge in [-0.1, -0.05) is 0 Å². The Kier molecular flexibility index (Phi) is 3.07. The van der Waals surface area contributed by atoms with Crippen molar-refractivity contribution in [2.24, 2.45) is 11.7 Å². The largest absolute Gasteiger partial charge is 0.378 e. The molecule has 1 fully saturated rings. The Morgan fingerprint density at radius 3 is 3.13 bits per heavy atom. The number of rotatable bonds is 3. The molecule has 1 aliphatic rings. The Labute approximate surface area is 90.4 Å². The van der Waals surface area contributed by atoms with Crippen molar-refractivity contribution in [2.75, 3.05) is 6.61 Å². The standard InChI is InChI=1S/C11H19N3O/c1-3-14-6-5-13-11(14)10(12)9-4-7-15-8(9)2/h5-6,8-10H,3-4,7,12H2,1-2H3. The van der Waals surface area contributed by atoms with Gasteiger partial charge in [-0.15, -0.1) is 0 Å². The lowest BCUT2D eigenvalue weighted by atomic mass is 9.93. The lowest BCUT2D eigenvalue weighted by Gasteiger charge is -2.22. The average Bonchev–Trinajstić information content (AvgIpc) is 2.84. The van der Waals surface area contributed by atoms with E-state index in [0.717, 1.165) is 25.4 Å². The van der Waals surface area contributed by atoms with Crippen LogP contribution in [0.3, 0.4) is 0 Å². The molecule has 2 N–H and O–H groups in total. The molecular weight excluding hydrogens is 190 g/mol. The summed E-state index contributed by atoms with van der Waals surface area (Å²) in [5, 5.41) is 0. The van der Waals surface area contributed by atoms with Crippen LogP contribution in [-0.4, -0.2) is 22.3 Å². The first kappa shape index (κ1) is 10.6. The minimum Gasteiger partial charge on any atom is -0.378 e. The fraction of sp³-hybridized carbons (Fsp3) is 0.727. The monoisotopic (exact) mass is 209 g/mol. The summed E-state index contributed by atoms with van der Waals surface area (Å²) in [5.74, 6) is 1.39. The third-order valence-electron chi connectivity index (χ3n) is 3.28. The van der Waals surface area contributed by atoms with Gasteiger partial charge in [-0.3, -0.25) is 0 Å². The van der Waals surface area contributed by atoms with Crippen LogP contribution in [0.15, 0.2) is 12.4 Å². The quantitative estimate of drug-likeness (QED) is 0.817. The molecule has 1 aromatic rings. The highest BCUT2D eigenvalue weighted by Gasteiger charge is 2.32. The number of hydrogen-bond donors (Lipinski definition) is 1. The number of hydrogen-bond acceptors (Lipinski definition) is 3. The van der Waals surface area contributed by atoms with Crippen LogP contribution < -0.4 is 5.73 Å². The normalized spacial score (nSPS) is 28.2. The summed E-state index contributed by atoms with van der Waals surface area (Å²) in [5.41, 5.74) is 6.25. The van der Waals surface area contributed by atoms with Crippen molar-refractivity contribution < 1.29 is 4.74 Å². The van der Waals surface area contributed by atoms with Crippen LogP contribution in [0.5, 0.6) is 0 Å². The predicted molar refractivity (Wildman–Crippen MR) is 58.4 cm³/mol.